The van der Waals surface area contributed by atoms with Crippen LogP contribution in [0, 0.1) is 0 Å². The topological polar surface area (TPSA) is 80.5 Å². The predicted molar refractivity (Wildman–Crippen MR) is 102 cm³/mol. The molecule has 0 aliphatic carbocycles. The Morgan fingerprint density at radius 3 is 2.78 bits per heavy atom. The predicted octanol–water partition coefficient (Wildman–Crippen LogP) is 2.40. The van der Waals surface area contributed by atoms with Gasteiger partial charge in [-0.2, -0.15) is 4.98 Å². The zero-order valence-electron chi connectivity index (χ0n) is 16.1. The molecule has 1 saturated heterocycles. The van der Waals surface area contributed by atoms with Crippen molar-refractivity contribution >= 4 is 5.91 Å². The van der Waals surface area contributed by atoms with Crippen LogP contribution in [0.15, 0.2) is 34.9 Å². The number of likely N-dealkylation sites (tertiary alicyclic amines) is 1. The second-order valence-corrected chi connectivity index (χ2v) is 7.01. The number of likely N-dealkylation sites (N-methyl/N-ethyl adjacent to an activating group) is 1. The van der Waals surface area contributed by atoms with Crippen LogP contribution < -0.4 is 10.1 Å². The van der Waals surface area contributed by atoms with Crippen molar-refractivity contribution in [2.45, 2.75) is 44.6 Å². The van der Waals surface area contributed by atoms with E-state index >= 15 is 0 Å². The number of aromatic nitrogens is 2. The SMILES string of the molecule is CNC(C)Cc1noc(C2CCN(C(=O)CCOc3ccccc3)CC2)n1. The first-order valence-electron chi connectivity index (χ1n) is 9.61. The quantitative estimate of drug-likeness (QED) is 0.766. The van der Waals surface area contributed by atoms with Crippen LogP contribution in [0.3, 0.4) is 0 Å². The van der Waals surface area contributed by atoms with Gasteiger partial charge in [-0.1, -0.05) is 23.4 Å². The minimum absolute atomic E-state index is 0.137. The number of nitrogens with zero attached hydrogens (tertiary/aromatic N) is 3. The molecule has 1 aromatic carbocycles. The fourth-order valence-electron chi connectivity index (χ4n) is 3.20. The zero-order valence-corrected chi connectivity index (χ0v) is 16.1. The molecule has 7 nitrogen and oxygen atoms in total. The monoisotopic (exact) mass is 372 g/mol. The highest BCUT2D eigenvalue weighted by Crippen LogP contribution is 2.27. The van der Waals surface area contributed by atoms with Crippen molar-refractivity contribution in [3.05, 3.63) is 42.0 Å². The van der Waals surface area contributed by atoms with Crippen molar-refractivity contribution in [2.75, 3.05) is 26.7 Å². The van der Waals surface area contributed by atoms with Gasteiger partial charge in [0.2, 0.25) is 11.8 Å². The summed E-state index contributed by atoms with van der Waals surface area (Å²) >= 11 is 0. The van der Waals surface area contributed by atoms with Crippen molar-refractivity contribution in [3.8, 4) is 5.75 Å². The van der Waals surface area contributed by atoms with Gasteiger partial charge in [-0.05, 0) is 38.9 Å². The van der Waals surface area contributed by atoms with Crippen LogP contribution in [0.5, 0.6) is 5.75 Å². The van der Waals surface area contributed by atoms with Gasteiger partial charge in [0.15, 0.2) is 5.82 Å². The van der Waals surface area contributed by atoms with Crippen molar-refractivity contribution in [3.63, 3.8) is 0 Å². The molecule has 2 aromatic rings. The Kier molecular flexibility index (Phi) is 6.81. The third-order valence-electron chi connectivity index (χ3n) is 4.99. The Morgan fingerprint density at radius 1 is 1.33 bits per heavy atom. The molecule has 0 saturated carbocycles. The average molecular weight is 372 g/mol. The van der Waals surface area contributed by atoms with E-state index in [-0.39, 0.29) is 11.8 Å². The Morgan fingerprint density at radius 2 is 2.07 bits per heavy atom. The smallest absolute Gasteiger partial charge is 0.229 e. The molecule has 1 N–H and O–H groups in total. The largest absolute Gasteiger partial charge is 0.493 e. The van der Waals surface area contributed by atoms with Gasteiger partial charge in [-0.3, -0.25) is 4.79 Å². The standard InChI is InChI=1S/C20H28N4O3/c1-15(21-2)14-18-22-20(27-23-18)16-8-11-24(12-9-16)19(25)10-13-26-17-6-4-3-5-7-17/h3-7,15-16,21H,8-14H2,1-2H3. The van der Waals surface area contributed by atoms with Crippen molar-refractivity contribution in [1.82, 2.24) is 20.4 Å². The number of hydrogen-bond acceptors (Lipinski definition) is 6. The van der Waals surface area contributed by atoms with Gasteiger partial charge in [-0.25, -0.2) is 0 Å². The molecule has 0 radical (unpaired) electrons. The van der Waals surface area contributed by atoms with Gasteiger partial charge in [0.25, 0.3) is 0 Å². The van der Waals surface area contributed by atoms with E-state index in [1.54, 1.807) is 0 Å². The number of benzene rings is 1. The lowest BCUT2D eigenvalue weighted by molar-refractivity contribution is -0.132. The number of ether oxygens (including phenoxy) is 1. The highest BCUT2D eigenvalue weighted by molar-refractivity contribution is 5.76. The highest BCUT2D eigenvalue weighted by atomic mass is 16.5. The van der Waals surface area contributed by atoms with E-state index < -0.39 is 0 Å². The number of piperidine rings is 1. The maximum atomic E-state index is 12.4. The van der Waals surface area contributed by atoms with Crippen LogP contribution in [0.25, 0.3) is 0 Å². The molecule has 1 amide bonds. The normalized spacial score (nSPS) is 16.3. The summed E-state index contributed by atoms with van der Waals surface area (Å²) in [7, 11) is 1.92. The maximum absolute atomic E-state index is 12.4. The lowest BCUT2D eigenvalue weighted by Gasteiger charge is -2.30. The molecule has 27 heavy (non-hydrogen) atoms. The number of carbonyl (C=O) groups is 1. The lowest BCUT2D eigenvalue weighted by atomic mass is 9.96. The van der Waals surface area contributed by atoms with Crippen molar-refractivity contribution in [2.24, 2.45) is 0 Å². The lowest BCUT2D eigenvalue weighted by Crippen LogP contribution is -2.38. The Balaban J connectivity index is 1.41. The second kappa shape index (κ2) is 9.50. The molecule has 1 aromatic heterocycles. The minimum atomic E-state index is 0.137. The summed E-state index contributed by atoms with van der Waals surface area (Å²) in [5, 5.41) is 7.25. The van der Waals surface area contributed by atoms with Gasteiger partial charge >= 0.3 is 0 Å². The molecule has 1 aliphatic heterocycles. The van der Waals surface area contributed by atoms with Gasteiger partial charge in [0, 0.05) is 31.5 Å². The summed E-state index contributed by atoms with van der Waals surface area (Å²) in [5.41, 5.74) is 0. The second-order valence-electron chi connectivity index (χ2n) is 7.01. The van der Waals surface area contributed by atoms with E-state index in [0.717, 1.165) is 43.9 Å². The third-order valence-corrected chi connectivity index (χ3v) is 4.99. The van der Waals surface area contributed by atoms with Crippen LogP contribution in [0.1, 0.15) is 43.8 Å². The molecule has 1 unspecified atom stereocenters. The molecule has 2 heterocycles. The zero-order chi connectivity index (χ0) is 19.1. The van der Waals surface area contributed by atoms with E-state index in [0.29, 0.717) is 25.0 Å². The molecular formula is C20H28N4O3. The first kappa shape index (κ1) is 19.4. The van der Waals surface area contributed by atoms with Crippen molar-refractivity contribution in [1.29, 1.82) is 0 Å². The number of carbonyl (C=O) groups excluding carboxylic acids is 1. The van der Waals surface area contributed by atoms with Gasteiger partial charge in [-0.15, -0.1) is 0 Å². The van der Waals surface area contributed by atoms with E-state index in [4.69, 9.17) is 9.26 Å². The first-order chi connectivity index (χ1) is 13.2. The van der Waals surface area contributed by atoms with Crippen LogP contribution in [0.2, 0.25) is 0 Å². The van der Waals surface area contributed by atoms with E-state index in [2.05, 4.69) is 22.4 Å². The first-order valence-corrected chi connectivity index (χ1v) is 9.61. The molecule has 0 bridgehead atoms. The van der Waals surface area contributed by atoms with Crippen LogP contribution in [-0.4, -0.2) is 53.7 Å². The molecule has 1 fully saturated rings. The van der Waals surface area contributed by atoms with Crippen molar-refractivity contribution < 1.29 is 14.1 Å². The Hall–Kier alpha value is -2.41. The molecule has 0 spiro atoms. The maximum Gasteiger partial charge on any atom is 0.229 e. The number of hydrogen-bond donors (Lipinski definition) is 1. The number of nitrogens with one attached hydrogen (secondary N) is 1. The van der Waals surface area contributed by atoms with Gasteiger partial charge < -0.3 is 19.5 Å². The van der Waals surface area contributed by atoms with E-state index in [1.807, 2.05) is 42.3 Å². The fraction of sp³-hybridized carbons (Fsp3) is 0.550. The van der Waals surface area contributed by atoms with Crippen LogP contribution in [0.4, 0.5) is 0 Å². The van der Waals surface area contributed by atoms with E-state index in [9.17, 15) is 4.79 Å². The third kappa shape index (κ3) is 5.53. The molecule has 1 atom stereocenters. The number of rotatable bonds is 8. The van der Waals surface area contributed by atoms with Gasteiger partial charge in [0.1, 0.15) is 5.75 Å². The minimum Gasteiger partial charge on any atom is -0.493 e. The average Bonchev–Trinajstić information content (AvgIpc) is 3.17. The number of para-hydroxylation sites is 1. The Labute approximate surface area is 160 Å². The summed E-state index contributed by atoms with van der Waals surface area (Å²) in [6.45, 7) is 3.93. The van der Waals surface area contributed by atoms with Gasteiger partial charge in [0.05, 0.1) is 13.0 Å². The number of amides is 1. The molecular weight excluding hydrogens is 344 g/mol. The molecule has 7 heteroatoms. The highest BCUT2D eigenvalue weighted by Gasteiger charge is 2.27. The molecule has 3 rings (SSSR count). The molecule has 1 aliphatic rings. The summed E-state index contributed by atoms with van der Waals surface area (Å²) in [6.07, 6.45) is 2.86. The molecule has 146 valence electrons. The summed E-state index contributed by atoms with van der Waals surface area (Å²) in [4.78, 5) is 18.8. The summed E-state index contributed by atoms with van der Waals surface area (Å²) in [6, 6.07) is 9.88. The fourth-order valence-corrected chi connectivity index (χ4v) is 3.20. The van der Waals surface area contributed by atoms with Crippen LogP contribution >= 0.6 is 0 Å². The Bertz CT molecular complexity index is 711. The summed E-state index contributed by atoms with van der Waals surface area (Å²) < 4.78 is 11.1. The summed E-state index contributed by atoms with van der Waals surface area (Å²) in [5.74, 6) is 2.61. The van der Waals surface area contributed by atoms with E-state index in [1.165, 1.54) is 0 Å². The van der Waals surface area contributed by atoms with Crippen LogP contribution in [-0.2, 0) is 11.2 Å².